The van der Waals surface area contributed by atoms with Gasteiger partial charge in [0.25, 0.3) is 0 Å². The predicted molar refractivity (Wildman–Crippen MR) is 72.9 cm³/mol. The number of rotatable bonds is 9. The largest absolute Gasteiger partial charge is 0.463 e. The van der Waals surface area contributed by atoms with Gasteiger partial charge in [-0.25, -0.2) is 4.79 Å². The number of unbranched alkanes of at least 4 members (excludes halogenated alkanes) is 5. The zero-order valence-electron chi connectivity index (χ0n) is 11.9. The molecule has 2 nitrogen and oxygen atoms in total. The summed E-state index contributed by atoms with van der Waals surface area (Å²) in [6, 6.07) is 0. The van der Waals surface area contributed by atoms with Crippen LogP contribution in [0.1, 0.15) is 66.2 Å². The zero-order chi connectivity index (χ0) is 13.1. The maximum absolute atomic E-state index is 11.7. The highest BCUT2D eigenvalue weighted by molar-refractivity contribution is 5.88. The van der Waals surface area contributed by atoms with Crippen LogP contribution in [-0.4, -0.2) is 12.6 Å². The van der Waals surface area contributed by atoms with Gasteiger partial charge in [-0.1, -0.05) is 52.5 Å². The Morgan fingerprint density at radius 3 is 2.29 bits per heavy atom. The van der Waals surface area contributed by atoms with Crippen LogP contribution in [0, 0.1) is 5.92 Å². The van der Waals surface area contributed by atoms with Crippen molar-refractivity contribution in [2.45, 2.75) is 66.2 Å². The van der Waals surface area contributed by atoms with Gasteiger partial charge in [0.15, 0.2) is 0 Å². The molecule has 2 heteroatoms. The first-order valence-corrected chi connectivity index (χ1v) is 7.00. The molecule has 0 rings (SSSR count). The minimum atomic E-state index is -0.143. The fourth-order valence-corrected chi connectivity index (χ4v) is 1.77. The molecule has 0 unspecified atom stereocenters. The van der Waals surface area contributed by atoms with Gasteiger partial charge in [-0.15, -0.1) is 0 Å². The summed E-state index contributed by atoms with van der Waals surface area (Å²) in [5.41, 5.74) is 0.836. The Morgan fingerprint density at radius 2 is 1.76 bits per heavy atom. The summed E-state index contributed by atoms with van der Waals surface area (Å²) in [5, 5.41) is 0. The van der Waals surface area contributed by atoms with E-state index in [-0.39, 0.29) is 11.9 Å². The Hall–Kier alpha value is -0.790. The summed E-state index contributed by atoms with van der Waals surface area (Å²) in [7, 11) is 0. The van der Waals surface area contributed by atoms with Gasteiger partial charge in [0.2, 0.25) is 0 Å². The average molecular weight is 240 g/mol. The van der Waals surface area contributed by atoms with E-state index in [0.717, 1.165) is 12.0 Å². The summed E-state index contributed by atoms with van der Waals surface area (Å²) in [5.74, 6) is 0.112. The standard InChI is InChI=1S/C15H28O2/c1-5-7-8-9-10-11-12-14(13(3)4)15(16)17-6-2/h12-13H,5-11H2,1-4H3/b14-12-. The lowest BCUT2D eigenvalue weighted by molar-refractivity contribution is -0.139. The summed E-state index contributed by atoms with van der Waals surface area (Å²) in [6.07, 6.45) is 9.40. The van der Waals surface area contributed by atoms with Crippen molar-refractivity contribution >= 4 is 5.97 Å². The van der Waals surface area contributed by atoms with Crippen LogP contribution < -0.4 is 0 Å². The Balaban J connectivity index is 4.00. The predicted octanol–water partition coefficient (Wildman–Crippen LogP) is 4.49. The van der Waals surface area contributed by atoms with Crippen molar-refractivity contribution < 1.29 is 9.53 Å². The van der Waals surface area contributed by atoms with Crippen LogP contribution in [0.2, 0.25) is 0 Å². The zero-order valence-corrected chi connectivity index (χ0v) is 11.9. The van der Waals surface area contributed by atoms with Crippen molar-refractivity contribution in [3.8, 4) is 0 Å². The van der Waals surface area contributed by atoms with E-state index in [0.29, 0.717) is 6.61 Å². The molecule has 17 heavy (non-hydrogen) atoms. The van der Waals surface area contributed by atoms with E-state index in [4.69, 9.17) is 4.74 Å². The van der Waals surface area contributed by atoms with Crippen molar-refractivity contribution in [2.24, 2.45) is 5.92 Å². The molecule has 0 aliphatic carbocycles. The molecule has 0 atom stereocenters. The topological polar surface area (TPSA) is 26.3 Å². The molecule has 0 heterocycles. The van der Waals surface area contributed by atoms with Crippen molar-refractivity contribution in [1.29, 1.82) is 0 Å². The van der Waals surface area contributed by atoms with Crippen molar-refractivity contribution in [2.75, 3.05) is 6.61 Å². The number of hydrogen-bond acceptors (Lipinski definition) is 2. The van der Waals surface area contributed by atoms with E-state index in [2.05, 4.69) is 13.0 Å². The molecule has 0 aromatic heterocycles. The van der Waals surface area contributed by atoms with Crippen LogP contribution in [0.3, 0.4) is 0 Å². The quantitative estimate of drug-likeness (QED) is 0.337. The average Bonchev–Trinajstić information content (AvgIpc) is 2.27. The maximum atomic E-state index is 11.7. The van der Waals surface area contributed by atoms with Gasteiger partial charge in [0.05, 0.1) is 6.61 Å². The molecule has 0 radical (unpaired) electrons. The fourth-order valence-electron chi connectivity index (χ4n) is 1.77. The van der Waals surface area contributed by atoms with Gasteiger partial charge in [-0.05, 0) is 25.7 Å². The summed E-state index contributed by atoms with van der Waals surface area (Å²) in [6.45, 7) is 8.61. The van der Waals surface area contributed by atoms with Gasteiger partial charge in [0.1, 0.15) is 0 Å². The third-order valence-corrected chi connectivity index (χ3v) is 2.81. The van der Waals surface area contributed by atoms with Gasteiger partial charge >= 0.3 is 5.97 Å². The molecule has 0 fully saturated rings. The highest BCUT2D eigenvalue weighted by atomic mass is 16.5. The van der Waals surface area contributed by atoms with Crippen LogP contribution in [-0.2, 0) is 9.53 Å². The van der Waals surface area contributed by atoms with E-state index in [1.807, 2.05) is 20.8 Å². The molecule has 0 spiro atoms. The lowest BCUT2D eigenvalue weighted by atomic mass is 10.0. The molecule has 0 saturated carbocycles. The van der Waals surface area contributed by atoms with E-state index in [1.165, 1.54) is 32.1 Å². The van der Waals surface area contributed by atoms with E-state index >= 15 is 0 Å². The third kappa shape index (κ3) is 8.00. The van der Waals surface area contributed by atoms with Crippen LogP contribution in [0.25, 0.3) is 0 Å². The number of esters is 1. The van der Waals surface area contributed by atoms with Crippen molar-refractivity contribution in [3.05, 3.63) is 11.6 Å². The van der Waals surface area contributed by atoms with Gasteiger partial charge in [0, 0.05) is 5.57 Å². The van der Waals surface area contributed by atoms with E-state index in [9.17, 15) is 4.79 Å². The first kappa shape index (κ1) is 16.2. The second-order valence-electron chi connectivity index (χ2n) is 4.74. The molecule has 0 bridgehead atoms. The minimum absolute atomic E-state index is 0.143. The van der Waals surface area contributed by atoms with E-state index in [1.54, 1.807) is 0 Å². The van der Waals surface area contributed by atoms with Crippen LogP contribution in [0.15, 0.2) is 11.6 Å². The molecule has 0 saturated heterocycles. The number of carbonyl (C=O) groups is 1. The van der Waals surface area contributed by atoms with Crippen LogP contribution in [0.5, 0.6) is 0 Å². The normalized spacial score (nSPS) is 11.9. The Bertz CT molecular complexity index is 229. The van der Waals surface area contributed by atoms with Gasteiger partial charge in [-0.2, -0.15) is 0 Å². The molecule has 0 aliphatic heterocycles. The van der Waals surface area contributed by atoms with Gasteiger partial charge in [-0.3, -0.25) is 0 Å². The highest BCUT2D eigenvalue weighted by Crippen LogP contribution is 2.14. The third-order valence-electron chi connectivity index (χ3n) is 2.81. The second-order valence-corrected chi connectivity index (χ2v) is 4.74. The summed E-state index contributed by atoms with van der Waals surface area (Å²) < 4.78 is 5.05. The molecule has 0 aliphatic rings. The summed E-state index contributed by atoms with van der Waals surface area (Å²) in [4.78, 5) is 11.7. The molecular formula is C15H28O2. The summed E-state index contributed by atoms with van der Waals surface area (Å²) >= 11 is 0. The first-order chi connectivity index (χ1) is 8.13. The Kier molecular flexibility index (Phi) is 9.89. The van der Waals surface area contributed by atoms with Crippen molar-refractivity contribution in [3.63, 3.8) is 0 Å². The second kappa shape index (κ2) is 10.4. The fraction of sp³-hybridized carbons (Fsp3) is 0.800. The Labute approximate surface area is 106 Å². The molecule has 0 N–H and O–H groups in total. The van der Waals surface area contributed by atoms with Crippen molar-refractivity contribution in [1.82, 2.24) is 0 Å². The number of hydrogen-bond donors (Lipinski definition) is 0. The van der Waals surface area contributed by atoms with Crippen LogP contribution >= 0.6 is 0 Å². The highest BCUT2D eigenvalue weighted by Gasteiger charge is 2.13. The SMILES string of the molecule is CCCCCCC/C=C(\C(=O)OCC)C(C)C. The van der Waals surface area contributed by atoms with Gasteiger partial charge < -0.3 is 4.74 Å². The first-order valence-electron chi connectivity index (χ1n) is 7.00. The molecule has 0 aromatic rings. The number of ether oxygens (including phenoxy) is 1. The number of carbonyl (C=O) groups excluding carboxylic acids is 1. The molecular weight excluding hydrogens is 212 g/mol. The Morgan fingerprint density at radius 1 is 1.12 bits per heavy atom. The lowest BCUT2D eigenvalue weighted by Gasteiger charge is -2.10. The molecule has 100 valence electrons. The van der Waals surface area contributed by atoms with Crippen LogP contribution in [0.4, 0.5) is 0 Å². The maximum Gasteiger partial charge on any atom is 0.333 e. The lowest BCUT2D eigenvalue weighted by Crippen LogP contribution is -2.12. The smallest absolute Gasteiger partial charge is 0.333 e. The molecule has 0 amide bonds. The number of allylic oxidation sites excluding steroid dienone is 1. The molecule has 0 aromatic carbocycles. The monoisotopic (exact) mass is 240 g/mol. The van der Waals surface area contributed by atoms with E-state index < -0.39 is 0 Å². The minimum Gasteiger partial charge on any atom is -0.463 e.